The molecule has 3 amide bonds. The summed E-state index contributed by atoms with van der Waals surface area (Å²) in [4.78, 5) is 29.6. The van der Waals surface area contributed by atoms with Crippen molar-refractivity contribution in [2.24, 2.45) is 28.0 Å². The first-order valence-electron chi connectivity index (χ1n) is 18.4. The van der Waals surface area contributed by atoms with Crippen molar-refractivity contribution >= 4 is 39.1 Å². The molecular formula is C39H51ClN4O6S. The molecule has 51 heavy (non-hydrogen) atoms. The molecule has 7 rings (SSSR count). The molecule has 3 aliphatic carbocycles. The number of urea groups is 1. The Labute approximate surface area is 307 Å². The van der Waals surface area contributed by atoms with Gasteiger partial charge >= 0.3 is 6.03 Å². The first-order chi connectivity index (χ1) is 24.6. The highest BCUT2D eigenvalue weighted by molar-refractivity contribution is 7.92. The summed E-state index contributed by atoms with van der Waals surface area (Å²) in [7, 11) is -0.0801. The Bertz CT molecular complexity index is 1790. The number of fused-ring (bicyclic) bond motifs is 4. The van der Waals surface area contributed by atoms with Crippen LogP contribution in [0.2, 0.25) is 5.02 Å². The molecule has 0 radical (unpaired) electrons. The van der Waals surface area contributed by atoms with Gasteiger partial charge in [0.15, 0.2) is 0 Å². The van der Waals surface area contributed by atoms with Crippen molar-refractivity contribution in [3.63, 3.8) is 0 Å². The lowest BCUT2D eigenvalue weighted by molar-refractivity contribution is 0.0131. The average Bonchev–Trinajstić information content (AvgIpc) is 3.23. The number of ether oxygens (including phenoxy) is 3. The number of hydrogen-bond donors (Lipinski definition) is 2. The molecule has 2 saturated carbocycles. The van der Waals surface area contributed by atoms with E-state index in [4.69, 9.17) is 25.8 Å². The maximum Gasteiger partial charge on any atom is 0.327 e. The Morgan fingerprint density at radius 1 is 1.16 bits per heavy atom. The molecule has 5 aliphatic rings. The summed E-state index contributed by atoms with van der Waals surface area (Å²) in [6.07, 6.45) is 11.7. The molecule has 0 saturated heterocycles. The van der Waals surface area contributed by atoms with Crippen LogP contribution in [0.3, 0.4) is 0 Å². The zero-order chi connectivity index (χ0) is 35.8. The minimum absolute atomic E-state index is 0.0263. The lowest BCUT2D eigenvalue weighted by Gasteiger charge is -2.46. The van der Waals surface area contributed by atoms with Gasteiger partial charge in [0, 0.05) is 55.3 Å². The summed E-state index contributed by atoms with van der Waals surface area (Å²) in [6.45, 7) is 4.52. The standard InChI is InChI=1S/C39H51ClN4O6S/c1-25-6-4-8-35(49-3)31-13-9-28(31)20-44-23-39(17-5-7-26-18-30(40)12-14-32(26)39)24-50-36-16-11-27(19-34(36)44)37(45)42-51(47,22-25)43-38(46)41-33-15-10-29(33)21-48-2/h4,8,11-12,14,16,18-19,25,28-29,31,33,35H,5-7,9-10,13,15,17,20-24H2,1-3H3,(H2,41,42,43,45,46,47)/b8-4+/t25-,28-,29-,31+,33+,35-,39-,51-/m0/s1. The molecule has 276 valence electrons. The van der Waals surface area contributed by atoms with Crippen LogP contribution in [0.4, 0.5) is 10.5 Å². The van der Waals surface area contributed by atoms with Gasteiger partial charge in [-0.1, -0.05) is 36.7 Å². The van der Waals surface area contributed by atoms with E-state index in [0.717, 1.165) is 68.7 Å². The molecule has 2 aromatic rings. The number of amides is 3. The SMILES string of the molecule is COC[C@@H]1CC[C@H]1NC(=O)N[S@@]1(=O)=NC(=O)c2ccc3c(c2)N(C[C@@H]2CC[C@H]2[C@@H](OC)/C=C/C[C@H](C)C1)C[C@@]1(CCCc2cc(Cl)ccc21)CO3. The minimum atomic E-state index is -3.49. The number of carbonyl (C=O) groups excluding carboxylic acids is 2. The maximum atomic E-state index is 14.5. The van der Waals surface area contributed by atoms with Crippen LogP contribution in [0.25, 0.3) is 0 Å². The molecule has 2 aliphatic heterocycles. The monoisotopic (exact) mass is 738 g/mol. The molecule has 1 spiro atoms. The molecule has 2 aromatic carbocycles. The fourth-order valence-corrected chi connectivity index (χ4v) is 10.9. The Hall–Kier alpha value is -3.12. The third-order valence-corrected chi connectivity index (χ3v) is 14.1. The van der Waals surface area contributed by atoms with Gasteiger partial charge in [-0.15, -0.1) is 4.36 Å². The first kappa shape index (κ1) is 36.2. The molecule has 0 unspecified atom stereocenters. The number of carbonyl (C=O) groups is 2. The summed E-state index contributed by atoms with van der Waals surface area (Å²) in [5.74, 6) is 0.922. The quantitative estimate of drug-likeness (QED) is 0.328. The topological polar surface area (TPSA) is 119 Å². The third-order valence-electron chi connectivity index (χ3n) is 11.9. The van der Waals surface area contributed by atoms with Crippen LogP contribution in [0.15, 0.2) is 52.9 Å². The Balaban J connectivity index is 1.25. The van der Waals surface area contributed by atoms with Gasteiger partial charge in [0.25, 0.3) is 5.91 Å². The van der Waals surface area contributed by atoms with E-state index in [2.05, 4.69) is 43.6 Å². The fourth-order valence-electron chi connectivity index (χ4n) is 8.88. The second-order valence-corrected chi connectivity index (χ2v) is 17.9. The van der Waals surface area contributed by atoms with Gasteiger partial charge in [0.1, 0.15) is 15.7 Å². The van der Waals surface area contributed by atoms with Gasteiger partial charge in [0.05, 0.1) is 30.8 Å². The van der Waals surface area contributed by atoms with Gasteiger partial charge < -0.3 is 24.4 Å². The number of aryl methyl sites for hydroxylation is 1. The van der Waals surface area contributed by atoms with Gasteiger partial charge in [-0.3, -0.25) is 9.52 Å². The highest BCUT2D eigenvalue weighted by atomic mass is 35.5. The molecule has 2 fully saturated rings. The number of rotatable bonds is 5. The molecule has 0 aromatic heterocycles. The van der Waals surface area contributed by atoms with Crippen LogP contribution in [-0.2, 0) is 31.2 Å². The maximum absolute atomic E-state index is 14.5. The molecule has 2 heterocycles. The van der Waals surface area contributed by atoms with E-state index in [1.165, 1.54) is 11.1 Å². The van der Waals surface area contributed by atoms with Crippen molar-refractivity contribution in [2.45, 2.75) is 75.9 Å². The Morgan fingerprint density at radius 2 is 2.02 bits per heavy atom. The number of benzene rings is 2. The van der Waals surface area contributed by atoms with Gasteiger partial charge in [0.2, 0.25) is 0 Å². The van der Waals surface area contributed by atoms with E-state index in [-0.39, 0.29) is 35.1 Å². The van der Waals surface area contributed by atoms with Crippen molar-refractivity contribution < 1.29 is 28.0 Å². The van der Waals surface area contributed by atoms with Crippen LogP contribution >= 0.6 is 11.6 Å². The van der Waals surface area contributed by atoms with E-state index in [0.29, 0.717) is 42.8 Å². The van der Waals surface area contributed by atoms with Gasteiger partial charge in [-0.05, 0) is 111 Å². The normalized spacial score (nSPS) is 34.0. The molecule has 12 heteroatoms. The van der Waals surface area contributed by atoms with Crippen molar-refractivity contribution in [3.05, 3.63) is 70.3 Å². The number of methoxy groups -OCH3 is 2. The number of anilines is 1. The largest absolute Gasteiger partial charge is 0.490 e. The van der Waals surface area contributed by atoms with Crippen molar-refractivity contribution in [1.29, 1.82) is 0 Å². The van der Waals surface area contributed by atoms with E-state index in [1.807, 2.05) is 25.1 Å². The zero-order valence-electron chi connectivity index (χ0n) is 29.9. The molecule has 2 bridgehead atoms. The summed E-state index contributed by atoms with van der Waals surface area (Å²) in [5.41, 5.74) is 3.43. The highest BCUT2D eigenvalue weighted by Gasteiger charge is 2.44. The summed E-state index contributed by atoms with van der Waals surface area (Å²) >= 11 is 6.46. The number of allylic oxidation sites excluding steroid dienone is 1. The second-order valence-electron chi connectivity index (χ2n) is 15.4. The number of nitrogens with one attached hydrogen (secondary N) is 2. The Morgan fingerprint density at radius 3 is 2.76 bits per heavy atom. The predicted octanol–water partition coefficient (Wildman–Crippen LogP) is 6.70. The second kappa shape index (κ2) is 15.1. The average molecular weight is 739 g/mol. The smallest absolute Gasteiger partial charge is 0.327 e. The lowest BCUT2D eigenvalue weighted by Crippen LogP contribution is -2.53. The van der Waals surface area contributed by atoms with Crippen LogP contribution in [0.1, 0.15) is 73.4 Å². The highest BCUT2D eigenvalue weighted by Crippen LogP contribution is 2.47. The molecule has 8 atom stereocenters. The number of hydrogen-bond acceptors (Lipinski definition) is 7. The van der Waals surface area contributed by atoms with E-state index >= 15 is 0 Å². The third kappa shape index (κ3) is 7.68. The number of nitrogens with zero attached hydrogens (tertiary/aromatic N) is 2. The molecule has 10 nitrogen and oxygen atoms in total. The van der Waals surface area contributed by atoms with Crippen molar-refractivity contribution in [1.82, 2.24) is 10.0 Å². The van der Waals surface area contributed by atoms with Crippen LogP contribution in [0.5, 0.6) is 5.75 Å². The van der Waals surface area contributed by atoms with Gasteiger partial charge in [-0.25, -0.2) is 9.00 Å². The summed E-state index contributed by atoms with van der Waals surface area (Å²) in [6, 6.07) is 11.0. The van der Waals surface area contributed by atoms with Crippen molar-refractivity contribution in [2.75, 3.05) is 51.2 Å². The van der Waals surface area contributed by atoms with Gasteiger partial charge in [-0.2, -0.15) is 0 Å². The zero-order valence-corrected chi connectivity index (χ0v) is 31.5. The van der Waals surface area contributed by atoms with Crippen LogP contribution in [-0.4, -0.2) is 74.6 Å². The van der Waals surface area contributed by atoms with E-state index < -0.39 is 21.9 Å². The number of halogens is 1. The molecular weight excluding hydrogens is 688 g/mol. The lowest BCUT2D eigenvalue weighted by atomic mass is 9.68. The predicted molar refractivity (Wildman–Crippen MR) is 200 cm³/mol. The Kier molecular flexibility index (Phi) is 10.7. The summed E-state index contributed by atoms with van der Waals surface area (Å²) in [5, 5.41) is 3.68. The first-order valence-corrected chi connectivity index (χ1v) is 20.5. The van der Waals surface area contributed by atoms with Crippen LogP contribution in [0, 0.1) is 23.7 Å². The minimum Gasteiger partial charge on any atom is -0.490 e. The fraction of sp³-hybridized carbons (Fsp3) is 0.590. The summed E-state index contributed by atoms with van der Waals surface area (Å²) < 4.78 is 39.4. The van der Waals surface area contributed by atoms with E-state index in [1.54, 1.807) is 20.3 Å². The van der Waals surface area contributed by atoms with E-state index in [9.17, 15) is 13.8 Å². The van der Waals surface area contributed by atoms with Crippen LogP contribution < -0.4 is 19.7 Å². The molecule has 2 N–H and O–H groups in total. The van der Waals surface area contributed by atoms with Crippen molar-refractivity contribution in [3.8, 4) is 5.75 Å².